The van der Waals surface area contributed by atoms with Crippen LogP contribution in [0.5, 0.6) is 0 Å². The normalized spacial score (nSPS) is 22.0. The number of para-hydroxylation sites is 1. The van der Waals surface area contributed by atoms with E-state index >= 15 is 0 Å². The Labute approximate surface area is 265 Å². The molecule has 2 aromatic carbocycles. The minimum Gasteiger partial charge on any atom is -0.465 e. The maximum absolute atomic E-state index is 13.8. The summed E-state index contributed by atoms with van der Waals surface area (Å²) in [4.78, 5) is 32.0. The van der Waals surface area contributed by atoms with Crippen molar-refractivity contribution < 1.29 is 19.8 Å². The van der Waals surface area contributed by atoms with Crippen molar-refractivity contribution in [3.63, 3.8) is 0 Å². The summed E-state index contributed by atoms with van der Waals surface area (Å²) in [6, 6.07) is 15.6. The fraction of sp³-hybridized carbons (Fsp3) is 0.514. The van der Waals surface area contributed by atoms with Crippen molar-refractivity contribution in [3.8, 4) is 11.3 Å². The molecule has 2 atom stereocenters. The average Bonchev–Trinajstić information content (AvgIpc) is 3.03. The topological polar surface area (TPSA) is 115 Å². The van der Waals surface area contributed by atoms with Crippen LogP contribution in [0.2, 0.25) is 5.02 Å². The van der Waals surface area contributed by atoms with Crippen LogP contribution in [0, 0.1) is 24.7 Å². The van der Waals surface area contributed by atoms with E-state index in [4.69, 9.17) is 21.7 Å². The number of amides is 2. The number of aliphatic hydroxyl groups is 1. The number of carbonyl (C=O) groups excluding carboxylic acids is 1. The number of nitrogens with zero attached hydrogens (tertiary/aromatic N) is 2. The van der Waals surface area contributed by atoms with Gasteiger partial charge in [0.25, 0.3) is 0 Å². The number of carboxylic acid groups (broad SMARTS) is 1. The lowest BCUT2D eigenvalue weighted by atomic mass is 9.72. The molecule has 4 N–H and O–H groups in total. The van der Waals surface area contributed by atoms with Crippen LogP contribution in [0.4, 0.5) is 4.79 Å². The van der Waals surface area contributed by atoms with Crippen molar-refractivity contribution in [2.24, 2.45) is 17.8 Å². The molecule has 1 aromatic heterocycles. The van der Waals surface area contributed by atoms with Gasteiger partial charge in [-0.1, -0.05) is 48.0 Å². The molecule has 1 saturated heterocycles. The maximum Gasteiger partial charge on any atom is 0.404 e. The molecule has 1 saturated carbocycles. The second-order valence-electron chi connectivity index (χ2n) is 12.7. The molecule has 2 aliphatic rings. The molecule has 236 valence electrons. The first-order valence-corrected chi connectivity index (χ1v) is 16.4. The molecule has 9 heteroatoms. The van der Waals surface area contributed by atoms with E-state index in [2.05, 4.69) is 10.6 Å². The van der Waals surface area contributed by atoms with Crippen LogP contribution >= 0.6 is 11.6 Å². The van der Waals surface area contributed by atoms with E-state index in [0.717, 1.165) is 61.5 Å². The number of aromatic nitrogens is 1. The Hall–Kier alpha value is -3.20. The molecule has 2 fully saturated rings. The Morgan fingerprint density at radius 2 is 1.84 bits per heavy atom. The number of likely N-dealkylation sites (tertiary alicyclic amines) is 1. The number of hydrogen-bond acceptors (Lipinski definition) is 5. The molecule has 44 heavy (non-hydrogen) atoms. The second-order valence-corrected chi connectivity index (χ2v) is 13.1. The third-order valence-corrected chi connectivity index (χ3v) is 10.1. The summed E-state index contributed by atoms with van der Waals surface area (Å²) in [6.07, 6.45) is 5.12. The van der Waals surface area contributed by atoms with Crippen LogP contribution in [0.15, 0.2) is 48.5 Å². The largest absolute Gasteiger partial charge is 0.465 e. The zero-order chi connectivity index (χ0) is 31.3. The van der Waals surface area contributed by atoms with E-state index < -0.39 is 11.7 Å². The van der Waals surface area contributed by atoms with Gasteiger partial charge in [-0.05, 0) is 101 Å². The van der Waals surface area contributed by atoms with Crippen LogP contribution in [0.3, 0.4) is 0 Å². The van der Waals surface area contributed by atoms with E-state index in [9.17, 15) is 14.7 Å². The highest BCUT2D eigenvalue weighted by molar-refractivity contribution is 6.33. The highest BCUT2D eigenvalue weighted by atomic mass is 35.5. The van der Waals surface area contributed by atoms with E-state index in [1.165, 1.54) is 0 Å². The molecule has 5 rings (SSSR count). The Kier molecular flexibility index (Phi) is 10.4. The van der Waals surface area contributed by atoms with Crippen molar-refractivity contribution in [1.82, 2.24) is 20.5 Å². The van der Waals surface area contributed by atoms with E-state index in [1.807, 2.05) is 67.4 Å². The van der Waals surface area contributed by atoms with Gasteiger partial charge in [0.1, 0.15) is 0 Å². The number of rotatable bonds is 10. The molecule has 1 aliphatic carbocycles. The first-order chi connectivity index (χ1) is 21.2. The number of benzene rings is 2. The van der Waals surface area contributed by atoms with Gasteiger partial charge in [0, 0.05) is 42.4 Å². The molecule has 8 nitrogen and oxygen atoms in total. The lowest BCUT2D eigenvalue weighted by molar-refractivity contribution is -0.142. The summed E-state index contributed by atoms with van der Waals surface area (Å²) in [7, 11) is 1.98. The summed E-state index contributed by atoms with van der Waals surface area (Å²) in [5, 5.41) is 29.2. The van der Waals surface area contributed by atoms with Gasteiger partial charge in [-0.3, -0.25) is 4.79 Å². The maximum atomic E-state index is 13.8. The third-order valence-electron chi connectivity index (χ3n) is 9.77. The minimum atomic E-state index is -1.35. The lowest BCUT2D eigenvalue weighted by Gasteiger charge is -2.44. The monoisotopic (exact) mass is 620 g/mol. The number of fused-ring (bicyclic) bond motifs is 1. The van der Waals surface area contributed by atoms with Gasteiger partial charge < -0.3 is 25.7 Å². The fourth-order valence-corrected chi connectivity index (χ4v) is 7.69. The number of pyridine rings is 1. The molecule has 0 spiro atoms. The Morgan fingerprint density at radius 3 is 2.59 bits per heavy atom. The Bertz CT molecular complexity index is 1470. The number of carbonyl (C=O) groups is 2. The third kappa shape index (κ3) is 7.03. The molecular weight excluding hydrogens is 576 g/mol. The van der Waals surface area contributed by atoms with Gasteiger partial charge in [-0.2, -0.15) is 0 Å². The summed E-state index contributed by atoms with van der Waals surface area (Å²) in [6.45, 7) is 4.38. The van der Waals surface area contributed by atoms with Crippen LogP contribution < -0.4 is 10.6 Å². The van der Waals surface area contributed by atoms with Gasteiger partial charge in [0.15, 0.2) is 0 Å². The highest BCUT2D eigenvalue weighted by Crippen LogP contribution is 2.46. The number of hydrogen-bond donors (Lipinski definition) is 4. The molecule has 0 unspecified atom stereocenters. The van der Waals surface area contributed by atoms with Gasteiger partial charge in [-0.15, -0.1) is 0 Å². The zero-order valence-corrected chi connectivity index (χ0v) is 26.6. The van der Waals surface area contributed by atoms with E-state index in [1.54, 1.807) is 0 Å². The lowest BCUT2D eigenvalue weighted by Crippen LogP contribution is -2.50. The molecular formula is C35H45ClN4O4. The number of piperidine rings is 1. The number of halogens is 1. The second kappa shape index (κ2) is 14.3. The molecule has 1 aliphatic heterocycles. The van der Waals surface area contributed by atoms with Crippen LogP contribution in [0.1, 0.15) is 62.5 Å². The van der Waals surface area contributed by atoms with Gasteiger partial charge in [0.05, 0.1) is 21.8 Å². The summed E-state index contributed by atoms with van der Waals surface area (Å²) in [5.41, 5.74) is 2.61. The molecule has 0 radical (unpaired) electrons. The first kappa shape index (κ1) is 32.2. The summed E-state index contributed by atoms with van der Waals surface area (Å²) < 4.78 is 0. The first-order valence-electron chi connectivity index (χ1n) is 16.0. The fourth-order valence-electron chi connectivity index (χ4n) is 7.42. The van der Waals surface area contributed by atoms with Crippen molar-refractivity contribution in [2.45, 2.75) is 63.9 Å². The minimum absolute atomic E-state index is 0.0292. The van der Waals surface area contributed by atoms with Crippen molar-refractivity contribution in [1.29, 1.82) is 0 Å². The molecule has 0 bridgehead atoms. The SMILES string of the molecule is CNCC1CCC(C(=O)N2CCC[C@@H]([C@@](O)(CCCNC(=O)O)c3cccc(Cl)c3-c3ccc4cccc(C)c4n3)C2)CC1. The van der Waals surface area contributed by atoms with Crippen molar-refractivity contribution in [3.05, 3.63) is 64.7 Å². The predicted octanol–water partition coefficient (Wildman–Crippen LogP) is 6.36. The zero-order valence-electron chi connectivity index (χ0n) is 25.8. The Morgan fingerprint density at radius 1 is 1.07 bits per heavy atom. The number of aryl methyl sites for hydroxylation is 1. The van der Waals surface area contributed by atoms with Crippen molar-refractivity contribution >= 4 is 34.5 Å². The van der Waals surface area contributed by atoms with Gasteiger partial charge in [-0.25, -0.2) is 9.78 Å². The Balaban J connectivity index is 1.47. The molecule has 3 aromatic rings. The van der Waals surface area contributed by atoms with Crippen LogP contribution in [-0.2, 0) is 10.4 Å². The van der Waals surface area contributed by atoms with Gasteiger partial charge >= 0.3 is 6.09 Å². The average molecular weight is 621 g/mol. The smallest absolute Gasteiger partial charge is 0.404 e. The van der Waals surface area contributed by atoms with Crippen LogP contribution in [0.25, 0.3) is 22.2 Å². The molecule has 2 heterocycles. The summed E-state index contributed by atoms with van der Waals surface area (Å²) in [5.74, 6) is 0.605. The standard InChI is InChI=1S/C35H45ClN4O4/c1-23-7-3-8-25-16-17-30(39-32(23)25)31-28(10-4-11-29(31)36)35(44,18-6-19-38-34(42)43)27-9-5-20-40(22-27)33(41)26-14-12-24(13-15-26)21-37-2/h3-4,7-8,10-11,16-17,24,26-27,37-38,44H,5-6,9,12-15,18-22H2,1-2H3,(H,42,43)/t24?,26?,27-,35+/m1/s1. The van der Waals surface area contributed by atoms with Crippen molar-refractivity contribution in [2.75, 3.05) is 33.2 Å². The number of nitrogens with one attached hydrogen (secondary N) is 2. The van der Waals surface area contributed by atoms with Crippen LogP contribution in [-0.4, -0.2) is 65.3 Å². The predicted molar refractivity (Wildman–Crippen MR) is 175 cm³/mol. The van der Waals surface area contributed by atoms with E-state index in [0.29, 0.717) is 53.7 Å². The highest BCUT2D eigenvalue weighted by Gasteiger charge is 2.44. The quantitative estimate of drug-likeness (QED) is 0.196. The summed E-state index contributed by atoms with van der Waals surface area (Å²) >= 11 is 6.91. The van der Waals surface area contributed by atoms with E-state index in [-0.39, 0.29) is 24.3 Å². The van der Waals surface area contributed by atoms with Gasteiger partial charge in [0.2, 0.25) is 5.91 Å². The molecule has 2 amide bonds.